The molecule has 0 spiro atoms. The van der Waals surface area contributed by atoms with Crippen molar-refractivity contribution in [2.45, 2.75) is 12.8 Å². The zero-order valence-corrected chi connectivity index (χ0v) is 14.7. The third-order valence-corrected chi connectivity index (χ3v) is 3.90. The van der Waals surface area contributed by atoms with Gasteiger partial charge in [-0.2, -0.15) is 5.10 Å². The van der Waals surface area contributed by atoms with Crippen molar-refractivity contribution in [3.05, 3.63) is 65.5 Å². The number of nitrogens with zero attached hydrogens (tertiary/aromatic N) is 2. The summed E-state index contributed by atoms with van der Waals surface area (Å²) >= 11 is 0. The molecule has 7 nitrogen and oxygen atoms in total. The number of aryl methyl sites for hydroxylation is 2. The van der Waals surface area contributed by atoms with Gasteiger partial charge in [0.1, 0.15) is 11.3 Å². The predicted molar refractivity (Wildman–Crippen MR) is 97.7 cm³/mol. The van der Waals surface area contributed by atoms with Crippen LogP contribution in [0.2, 0.25) is 0 Å². The summed E-state index contributed by atoms with van der Waals surface area (Å²) in [5, 5.41) is 9.84. The molecule has 0 atom stereocenters. The SMILES string of the molecule is COc1cccc(CCc2cc(NC(=O)c3cccnc3OC)n[nH]2)c1. The van der Waals surface area contributed by atoms with E-state index in [1.807, 2.05) is 24.3 Å². The zero-order valence-electron chi connectivity index (χ0n) is 14.7. The Kier molecular flexibility index (Phi) is 5.48. The highest BCUT2D eigenvalue weighted by Crippen LogP contribution is 2.17. The van der Waals surface area contributed by atoms with Gasteiger partial charge in [-0.3, -0.25) is 9.89 Å². The Bertz CT molecular complexity index is 892. The normalized spacial score (nSPS) is 10.4. The molecule has 2 heterocycles. The van der Waals surface area contributed by atoms with Gasteiger partial charge in [-0.05, 0) is 42.7 Å². The summed E-state index contributed by atoms with van der Waals surface area (Å²) < 4.78 is 10.3. The molecule has 0 unspecified atom stereocenters. The van der Waals surface area contributed by atoms with Crippen molar-refractivity contribution >= 4 is 11.7 Å². The number of rotatable bonds is 7. The van der Waals surface area contributed by atoms with Crippen LogP contribution in [0.5, 0.6) is 11.6 Å². The number of methoxy groups -OCH3 is 2. The molecule has 134 valence electrons. The van der Waals surface area contributed by atoms with Gasteiger partial charge in [0, 0.05) is 18.0 Å². The number of carbonyl (C=O) groups excluding carboxylic acids is 1. The summed E-state index contributed by atoms with van der Waals surface area (Å²) in [5.41, 5.74) is 2.46. The van der Waals surface area contributed by atoms with Gasteiger partial charge in [0.15, 0.2) is 5.82 Å². The summed E-state index contributed by atoms with van der Waals surface area (Å²) in [6.45, 7) is 0. The first-order valence-electron chi connectivity index (χ1n) is 8.17. The molecule has 0 saturated carbocycles. The topological polar surface area (TPSA) is 89.1 Å². The van der Waals surface area contributed by atoms with Crippen LogP contribution in [0.3, 0.4) is 0 Å². The van der Waals surface area contributed by atoms with Gasteiger partial charge >= 0.3 is 0 Å². The fourth-order valence-electron chi connectivity index (χ4n) is 2.57. The summed E-state index contributed by atoms with van der Waals surface area (Å²) in [6.07, 6.45) is 3.18. The molecule has 2 aromatic heterocycles. The van der Waals surface area contributed by atoms with E-state index in [1.54, 1.807) is 25.4 Å². The number of ether oxygens (including phenoxy) is 2. The summed E-state index contributed by atoms with van der Waals surface area (Å²) in [4.78, 5) is 16.4. The van der Waals surface area contributed by atoms with Gasteiger partial charge in [0.05, 0.1) is 14.2 Å². The molecule has 0 saturated heterocycles. The van der Waals surface area contributed by atoms with E-state index in [2.05, 4.69) is 26.6 Å². The molecule has 0 bridgehead atoms. The van der Waals surface area contributed by atoms with Gasteiger partial charge < -0.3 is 14.8 Å². The largest absolute Gasteiger partial charge is 0.497 e. The Balaban J connectivity index is 1.61. The van der Waals surface area contributed by atoms with E-state index >= 15 is 0 Å². The van der Waals surface area contributed by atoms with Gasteiger partial charge in [-0.25, -0.2) is 4.98 Å². The highest BCUT2D eigenvalue weighted by atomic mass is 16.5. The Labute approximate surface area is 151 Å². The quantitative estimate of drug-likeness (QED) is 0.682. The van der Waals surface area contributed by atoms with Crippen molar-refractivity contribution in [3.63, 3.8) is 0 Å². The molecule has 0 aliphatic heterocycles. The number of carbonyl (C=O) groups is 1. The van der Waals surface area contributed by atoms with E-state index in [-0.39, 0.29) is 11.8 Å². The van der Waals surface area contributed by atoms with Crippen LogP contribution in [0.1, 0.15) is 21.6 Å². The van der Waals surface area contributed by atoms with Crippen LogP contribution in [0, 0.1) is 0 Å². The predicted octanol–water partition coefficient (Wildman–Crippen LogP) is 2.86. The van der Waals surface area contributed by atoms with Gasteiger partial charge in [-0.15, -0.1) is 0 Å². The molecular weight excluding hydrogens is 332 g/mol. The molecule has 0 aliphatic rings. The molecule has 3 aromatic rings. The molecule has 0 radical (unpaired) electrons. The Hall–Kier alpha value is -3.35. The second kappa shape index (κ2) is 8.15. The molecule has 3 rings (SSSR count). The van der Waals surface area contributed by atoms with Crippen LogP contribution in [-0.2, 0) is 12.8 Å². The smallest absolute Gasteiger partial charge is 0.262 e. The van der Waals surface area contributed by atoms with E-state index in [4.69, 9.17) is 9.47 Å². The molecule has 7 heteroatoms. The maximum Gasteiger partial charge on any atom is 0.262 e. The highest BCUT2D eigenvalue weighted by Gasteiger charge is 2.14. The fraction of sp³-hybridized carbons (Fsp3) is 0.211. The van der Waals surface area contributed by atoms with Gasteiger partial charge in [0.25, 0.3) is 5.91 Å². The second-order valence-electron chi connectivity index (χ2n) is 5.64. The van der Waals surface area contributed by atoms with Gasteiger partial charge in [-0.1, -0.05) is 12.1 Å². The maximum atomic E-state index is 12.4. The number of hydrogen-bond donors (Lipinski definition) is 2. The Morgan fingerprint density at radius 1 is 1.12 bits per heavy atom. The Morgan fingerprint density at radius 3 is 2.81 bits per heavy atom. The second-order valence-corrected chi connectivity index (χ2v) is 5.64. The first-order chi connectivity index (χ1) is 12.7. The number of pyridine rings is 1. The lowest BCUT2D eigenvalue weighted by Gasteiger charge is -2.05. The van der Waals surface area contributed by atoms with E-state index in [0.717, 1.165) is 24.3 Å². The van der Waals surface area contributed by atoms with Crippen molar-refractivity contribution in [1.29, 1.82) is 0 Å². The lowest BCUT2D eigenvalue weighted by atomic mass is 10.1. The summed E-state index contributed by atoms with van der Waals surface area (Å²) in [5.74, 6) is 1.26. The van der Waals surface area contributed by atoms with Crippen molar-refractivity contribution in [1.82, 2.24) is 15.2 Å². The van der Waals surface area contributed by atoms with Crippen LogP contribution in [0.15, 0.2) is 48.7 Å². The average Bonchev–Trinajstić information content (AvgIpc) is 3.13. The molecule has 1 aromatic carbocycles. The molecule has 0 fully saturated rings. The lowest BCUT2D eigenvalue weighted by molar-refractivity contribution is 0.102. The van der Waals surface area contributed by atoms with Crippen molar-refractivity contribution in [2.24, 2.45) is 0 Å². The molecule has 26 heavy (non-hydrogen) atoms. The number of hydrogen-bond acceptors (Lipinski definition) is 5. The van der Waals surface area contributed by atoms with E-state index < -0.39 is 0 Å². The first kappa shape index (κ1) is 17.5. The van der Waals surface area contributed by atoms with Gasteiger partial charge in [0.2, 0.25) is 5.88 Å². The van der Waals surface area contributed by atoms with Crippen LogP contribution in [-0.4, -0.2) is 35.3 Å². The van der Waals surface area contributed by atoms with E-state index in [1.165, 1.54) is 12.7 Å². The molecule has 1 amide bonds. The minimum absolute atomic E-state index is 0.277. The first-order valence-corrected chi connectivity index (χ1v) is 8.17. The number of anilines is 1. The third kappa shape index (κ3) is 4.18. The average molecular weight is 352 g/mol. The standard InChI is InChI=1S/C19H20N4O3/c1-25-15-6-3-5-13(11-15)8-9-14-12-17(23-22-14)21-18(24)16-7-4-10-20-19(16)26-2/h3-7,10-12H,8-9H2,1-2H3,(H2,21,22,23,24). The van der Waals surface area contributed by atoms with Crippen LogP contribution >= 0.6 is 0 Å². The summed E-state index contributed by atoms with van der Waals surface area (Å²) in [6, 6.07) is 13.1. The number of aromatic amines is 1. The number of H-pyrrole nitrogens is 1. The highest BCUT2D eigenvalue weighted by molar-refractivity contribution is 6.05. The molecular formula is C19H20N4O3. The molecule has 2 N–H and O–H groups in total. The monoisotopic (exact) mass is 352 g/mol. The minimum atomic E-state index is -0.319. The Morgan fingerprint density at radius 2 is 2.00 bits per heavy atom. The summed E-state index contributed by atoms with van der Waals surface area (Å²) in [7, 11) is 3.13. The van der Waals surface area contributed by atoms with Crippen molar-refractivity contribution < 1.29 is 14.3 Å². The fourth-order valence-corrected chi connectivity index (χ4v) is 2.57. The van der Waals surface area contributed by atoms with Crippen LogP contribution in [0.4, 0.5) is 5.82 Å². The van der Waals surface area contributed by atoms with Crippen molar-refractivity contribution in [3.8, 4) is 11.6 Å². The minimum Gasteiger partial charge on any atom is -0.497 e. The number of benzene rings is 1. The lowest BCUT2D eigenvalue weighted by Crippen LogP contribution is -2.14. The number of nitrogens with one attached hydrogen (secondary N) is 2. The van der Waals surface area contributed by atoms with Crippen LogP contribution < -0.4 is 14.8 Å². The molecule has 0 aliphatic carbocycles. The van der Waals surface area contributed by atoms with Crippen LogP contribution in [0.25, 0.3) is 0 Å². The maximum absolute atomic E-state index is 12.4. The van der Waals surface area contributed by atoms with Crippen molar-refractivity contribution in [2.75, 3.05) is 19.5 Å². The third-order valence-electron chi connectivity index (χ3n) is 3.90. The van der Waals surface area contributed by atoms with E-state index in [9.17, 15) is 4.79 Å². The zero-order chi connectivity index (χ0) is 18.4. The number of aromatic nitrogens is 3. The van der Waals surface area contributed by atoms with E-state index in [0.29, 0.717) is 11.4 Å². The number of amides is 1.